The third-order valence-electron chi connectivity index (χ3n) is 6.88. The zero-order valence-electron chi connectivity index (χ0n) is 21.5. The van der Waals surface area contributed by atoms with Crippen molar-refractivity contribution in [2.45, 2.75) is 35.6 Å². The van der Waals surface area contributed by atoms with Crippen molar-refractivity contribution in [2.75, 3.05) is 45.3 Å². The Bertz CT molecular complexity index is 1200. The van der Waals surface area contributed by atoms with Gasteiger partial charge in [-0.25, -0.2) is 0 Å². The van der Waals surface area contributed by atoms with Crippen molar-refractivity contribution in [1.82, 2.24) is 4.90 Å². The van der Waals surface area contributed by atoms with E-state index < -0.39 is 5.54 Å². The standard InChI is InChI=1S/C30H34N2O3S/c1-5-30(31(3)4,28(33)23-9-7-6-8-10-23)29(34)26-16-15-25(36-24-13-11-22(2)12-14-24)21-27(26)32-17-19-35-20-18-32/h6-16,21H,5,17-20H2,1-4H3. The fourth-order valence-electron chi connectivity index (χ4n) is 4.77. The SMILES string of the molecule is CCC(C(=O)c1ccccc1)(C(=O)c1ccc(Sc2ccc(C)cc2)cc1N1CCOCC1)N(C)C. The fraction of sp³-hybridized carbons (Fsp3) is 0.333. The Morgan fingerprint density at radius 1 is 0.917 bits per heavy atom. The number of Topliss-reactive ketones (excluding diaryl/α,β-unsaturated/α-hetero) is 2. The van der Waals surface area contributed by atoms with E-state index in [-0.39, 0.29) is 11.6 Å². The fourth-order valence-corrected chi connectivity index (χ4v) is 5.62. The highest BCUT2D eigenvalue weighted by Crippen LogP contribution is 2.36. The van der Waals surface area contributed by atoms with Gasteiger partial charge in [0.25, 0.3) is 0 Å². The molecule has 0 aromatic heterocycles. The Morgan fingerprint density at radius 3 is 2.17 bits per heavy atom. The molecule has 1 aliphatic rings. The van der Waals surface area contributed by atoms with Crippen LogP contribution in [-0.4, -0.2) is 62.4 Å². The number of ketones is 2. The molecular formula is C30H34N2O3S. The van der Waals surface area contributed by atoms with Crippen molar-refractivity contribution in [3.63, 3.8) is 0 Å². The van der Waals surface area contributed by atoms with E-state index in [0.717, 1.165) is 15.5 Å². The summed E-state index contributed by atoms with van der Waals surface area (Å²) in [6.45, 7) is 6.61. The molecule has 1 heterocycles. The average molecular weight is 503 g/mol. The van der Waals surface area contributed by atoms with Crippen LogP contribution in [0, 0.1) is 6.92 Å². The normalized spacial score (nSPS) is 15.5. The van der Waals surface area contributed by atoms with Crippen LogP contribution in [0.2, 0.25) is 0 Å². The Morgan fingerprint density at radius 2 is 1.56 bits per heavy atom. The maximum atomic E-state index is 14.4. The van der Waals surface area contributed by atoms with E-state index in [4.69, 9.17) is 4.74 Å². The van der Waals surface area contributed by atoms with E-state index in [0.29, 0.717) is 43.9 Å². The van der Waals surface area contributed by atoms with E-state index in [1.807, 2.05) is 51.4 Å². The number of benzene rings is 3. The number of aryl methyl sites for hydroxylation is 1. The van der Waals surface area contributed by atoms with E-state index >= 15 is 0 Å². The van der Waals surface area contributed by atoms with E-state index in [9.17, 15) is 9.59 Å². The van der Waals surface area contributed by atoms with Crippen molar-refractivity contribution < 1.29 is 14.3 Å². The Labute approximate surface area is 218 Å². The van der Waals surface area contributed by atoms with Gasteiger partial charge in [-0.1, -0.05) is 66.7 Å². The molecule has 1 fully saturated rings. The number of likely N-dealkylation sites (N-methyl/N-ethyl adjacent to an activating group) is 1. The lowest BCUT2D eigenvalue weighted by Crippen LogP contribution is -2.57. The second-order valence-corrected chi connectivity index (χ2v) is 10.5. The minimum atomic E-state index is -1.30. The molecule has 188 valence electrons. The molecule has 0 aliphatic carbocycles. The van der Waals surface area contributed by atoms with Gasteiger partial charge < -0.3 is 9.64 Å². The number of nitrogens with zero attached hydrogens (tertiary/aromatic N) is 2. The molecule has 5 nitrogen and oxygen atoms in total. The number of hydrogen-bond donors (Lipinski definition) is 0. The monoisotopic (exact) mass is 502 g/mol. The highest BCUT2D eigenvalue weighted by molar-refractivity contribution is 7.99. The van der Waals surface area contributed by atoms with Gasteiger partial charge in [0.15, 0.2) is 11.6 Å². The summed E-state index contributed by atoms with van der Waals surface area (Å²) in [5.74, 6) is -0.344. The van der Waals surface area contributed by atoms with Gasteiger partial charge in [0.1, 0.15) is 5.54 Å². The van der Waals surface area contributed by atoms with Crippen molar-refractivity contribution in [1.29, 1.82) is 0 Å². The summed E-state index contributed by atoms with van der Waals surface area (Å²) in [6.07, 6.45) is 0.370. The topological polar surface area (TPSA) is 49.9 Å². The molecule has 0 amide bonds. The van der Waals surface area contributed by atoms with Gasteiger partial charge in [0, 0.05) is 39.7 Å². The highest BCUT2D eigenvalue weighted by Gasteiger charge is 2.47. The third-order valence-corrected chi connectivity index (χ3v) is 7.88. The molecule has 0 N–H and O–H groups in total. The number of hydrogen-bond acceptors (Lipinski definition) is 6. The smallest absolute Gasteiger partial charge is 0.193 e. The molecule has 4 rings (SSSR count). The quantitative estimate of drug-likeness (QED) is 0.274. The molecule has 0 radical (unpaired) electrons. The second-order valence-electron chi connectivity index (χ2n) is 9.33. The Hall–Kier alpha value is -2.93. The summed E-state index contributed by atoms with van der Waals surface area (Å²) in [5.41, 5.74) is 1.90. The number of ether oxygens (including phenoxy) is 1. The van der Waals surface area contributed by atoms with Crippen LogP contribution >= 0.6 is 11.8 Å². The van der Waals surface area contributed by atoms with Gasteiger partial charge in [-0.05, 0) is 57.8 Å². The van der Waals surface area contributed by atoms with Crippen molar-refractivity contribution in [3.8, 4) is 0 Å². The highest BCUT2D eigenvalue weighted by atomic mass is 32.2. The van der Waals surface area contributed by atoms with Crippen LogP contribution < -0.4 is 4.90 Å². The van der Waals surface area contributed by atoms with E-state index in [2.05, 4.69) is 42.2 Å². The van der Waals surface area contributed by atoms with Crippen molar-refractivity contribution in [2.24, 2.45) is 0 Å². The zero-order chi connectivity index (χ0) is 25.7. The number of morpholine rings is 1. The minimum Gasteiger partial charge on any atom is -0.378 e. The van der Waals surface area contributed by atoms with Crippen LogP contribution in [0.3, 0.4) is 0 Å². The number of anilines is 1. The maximum Gasteiger partial charge on any atom is 0.193 e. The Balaban J connectivity index is 1.78. The number of carbonyl (C=O) groups excluding carboxylic acids is 2. The van der Waals surface area contributed by atoms with Gasteiger partial charge >= 0.3 is 0 Å². The first kappa shape index (κ1) is 26.1. The second kappa shape index (κ2) is 11.4. The van der Waals surface area contributed by atoms with Crippen molar-refractivity contribution in [3.05, 3.63) is 89.5 Å². The maximum absolute atomic E-state index is 14.4. The Kier molecular flexibility index (Phi) is 8.29. The van der Waals surface area contributed by atoms with Crippen LogP contribution in [0.25, 0.3) is 0 Å². The molecule has 0 saturated carbocycles. The lowest BCUT2D eigenvalue weighted by molar-refractivity contribution is 0.0555. The van der Waals surface area contributed by atoms with Gasteiger partial charge in [-0.15, -0.1) is 0 Å². The number of carbonyl (C=O) groups is 2. The number of rotatable bonds is 9. The first-order valence-corrected chi connectivity index (χ1v) is 13.2. The first-order valence-electron chi connectivity index (χ1n) is 12.4. The molecule has 36 heavy (non-hydrogen) atoms. The molecule has 1 aliphatic heterocycles. The molecule has 6 heteroatoms. The molecule has 3 aromatic rings. The molecule has 1 saturated heterocycles. The predicted octanol–water partition coefficient (Wildman–Crippen LogP) is 5.76. The summed E-state index contributed by atoms with van der Waals surface area (Å²) in [7, 11) is 3.64. The lowest BCUT2D eigenvalue weighted by atomic mass is 9.78. The van der Waals surface area contributed by atoms with Crippen LogP contribution in [0.15, 0.2) is 82.6 Å². The molecule has 3 aromatic carbocycles. The molecule has 0 bridgehead atoms. The minimum absolute atomic E-state index is 0.169. The zero-order valence-corrected chi connectivity index (χ0v) is 22.3. The lowest BCUT2D eigenvalue weighted by Gasteiger charge is -2.38. The molecule has 1 atom stereocenters. The molecular weight excluding hydrogens is 468 g/mol. The average Bonchev–Trinajstić information content (AvgIpc) is 2.91. The summed E-state index contributed by atoms with van der Waals surface area (Å²) in [6, 6.07) is 23.5. The van der Waals surface area contributed by atoms with Crippen LogP contribution in [0.4, 0.5) is 5.69 Å². The summed E-state index contributed by atoms with van der Waals surface area (Å²) in [4.78, 5) is 34.5. The van der Waals surface area contributed by atoms with Gasteiger partial charge in [-0.3, -0.25) is 14.5 Å². The predicted molar refractivity (Wildman–Crippen MR) is 147 cm³/mol. The first-order chi connectivity index (χ1) is 17.4. The van der Waals surface area contributed by atoms with E-state index in [1.165, 1.54) is 5.56 Å². The molecule has 0 spiro atoms. The van der Waals surface area contributed by atoms with Crippen molar-refractivity contribution >= 4 is 29.0 Å². The summed E-state index contributed by atoms with van der Waals surface area (Å²) in [5, 5.41) is 0. The van der Waals surface area contributed by atoms with Gasteiger partial charge in [0.2, 0.25) is 0 Å². The van der Waals surface area contributed by atoms with Crippen LogP contribution in [0.1, 0.15) is 39.6 Å². The van der Waals surface area contributed by atoms with Gasteiger partial charge in [0.05, 0.1) is 13.2 Å². The van der Waals surface area contributed by atoms with Gasteiger partial charge in [-0.2, -0.15) is 0 Å². The summed E-state index contributed by atoms with van der Waals surface area (Å²) >= 11 is 1.67. The molecule has 1 unspecified atom stereocenters. The third kappa shape index (κ3) is 5.26. The largest absolute Gasteiger partial charge is 0.378 e. The summed E-state index contributed by atoms with van der Waals surface area (Å²) < 4.78 is 5.59. The van der Waals surface area contributed by atoms with E-state index in [1.54, 1.807) is 28.8 Å². The van der Waals surface area contributed by atoms with Crippen LogP contribution in [-0.2, 0) is 4.74 Å². The van der Waals surface area contributed by atoms with Crippen LogP contribution in [0.5, 0.6) is 0 Å².